The predicted molar refractivity (Wildman–Crippen MR) is 261 cm³/mol. The zero-order valence-electron chi connectivity index (χ0n) is 40.8. The van der Waals surface area contributed by atoms with E-state index < -0.39 is 74.2 Å². The minimum Gasteiger partial charge on any atom is -0.394 e. The van der Waals surface area contributed by atoms with Gasteiger partial charge in [-0.3, -0.25) is 4.79 Å². The fourth-order valence-electron chi connectivity index (χ4n) is 8.30. The summed E-state index contributed by atoms with van der Waals surface area (Å²) in [6.45, 7) is 3.41. The molecule has 1 fully saturated rings. The number of rotatable bonds is 44. The monoisotopic (exact) mass is 910 g/mol. The second kappa shape index (κ2) is 42.7. The second-order valence-electron chi connectivity index (χ2n) is 18.6. The molecule has 9 unspecified atom stereocenters. The lowest BCUT2D eigenvalue weighted by molar-refractivity contribution is -0.303. The van der Waals surface area contributed by atoms with Crippen molar-refractivity contribution < 1.29 is 50.0 Å². The van der Waals surface area contributed by atoms with E-state index in [0.29, 0.717) is 19.3 Å². The van der Waals surface area contributed by atoms with E-state index in [2.05, 4.69) is 55.6 Å². The molecule has 9 atom stereocenters. The van der Waals surface area contributed by atoms with Gasteiger partial charge in [0.15, 0.2) is 6.29 Å². The Morgan fingerprint density at radius 3 is 1.39 bits per heavy atom. The van der Waals surface area contributed by atoms with Gasteiger partial charge in [0.1, 0.15) is 36.6 Å². The molecule has 64 heavy (non-hydrogen) atoms. The summed E-state index contributed by atoms with van der Waals surface area (Å²) in [5.41, 5.74) is 0. The highest BCUT2D eigenvalue weighted by Crippen LogP contribution is 2.23. The smallest absolute Gasteiger partial charge is 0.249 e. The molecule has 0 aliphatic carbocycles. The second-order valence-corrected chi connectivity index (χ2v) is 18.6. The topological polar surface area (TPSA) is 189 Å². The minimum atomic E-state index is -1.67. The predicted octanol–water partition coefficient (Wildman–Crippen LogP) is 9.95. The first kappa shape index (κ1) is 60.3. The number of hydrogen-bond donors (Lipinski definition) is 8. The van der Waals surface area contributed by atoms with Crippen molar-refractivity contribution in [1.82, 2.24) is 5.32 Å². The van der Waals surface area contributed by atoms with E-state index in [1.165, 1.54) is 135 Å². The fourth-order valence-corrected chi connectivity index (χ4v) is 8.30. The van der Waals surface area contributed by atoms with Crippen LogP contribution < -0.4 is 5.32 Å². The molecule has 376 valence electrons. The molecule has 11 nitrogen and oxygen atoms in total. The summed E-state index contributed by atoms with van der Waals surface area (Å²) in [7, 11) is 0. The first-order chi connectivity index (χ1) is 31.2. The zero-order chi connectivity index (χ0) is 46.9. The van der Waals surface area contributed by atoms with Crippen LogP contribution in [0.4, 0.5) is 0 Å². The number of carbonyl (C=O) groups excluding carboxylic acids is 1. The van der Waals surface area contributed by atoms with E-state index in [4.69, 9.17) is 9.47 Å². The first-order valence-corrected chi connectivity index (χ1v) is 26.4. The van der Waals surface area contributed by atoms with Gasteiger partial charge in [-0.1, -0.05) is 198 Å². The van der Waals surface area contributed by atoms with Crippen LogP contribution in [0.2, 0.25) is 0 Å². The Morgan fingerprint density at radius 1 is 0.531 bits per heavy atom. The Labute approximate surface area is 390 Å². The van der Waals surface area contributed by atoms with E-state index in [-0.39, 0.29) is 12.8 Å². The minimum absolute atomic E-state index is 0.242. The van der Waals surface area contributed by atoms with E-state index in [9.17, 15) is 40.5 Å². The summed E-state index contributed by atoms with van der Waals surface area (Å²) in [6, 6.07) is -1.19. The van der Waals surface area contributed by atoms with Crippen LogP contribution in [0.1, 0.15) is 226 Å². The quantitative estimate of drug-likeness (QED) is 0.0216. The molecule has 0 aromatic carbocycles. The molecule has 0 saturated carbocycles. The number of ether oxygens (including phenoxy) is 2. The fraction of sp³-hybridized carbons (Fsp3) is 0.868. The molecule has 11 heteroatoms. The summed E-state index contributed by atoms with van der Waals surface area (Å²) in [6.07, 6.45) is 39.3. The molecule has 8 N–H and O–H groups in total. The molecule has 0 radical (unpaired) electrons. The highest BCUT2D eigenvalue weighted by atomic mass is 16.7. The Balaban J connectivity index is 2.36. The SMILES string of the molecule is CCCCCCCCCCCCCCC/C=C/CC/C=C/CC/C=C/CCCC(O)C(O)C(COC1OC(CO)C(O)C(O)C1O)NC(=O)C(O)CCCCCCCCCCCCC. The number of aliphatic hydroxyl groups is 7. The molecule has 1 aliphatic heterocycles. The molecule has 1 aliphatic rings. The molecular formula is C53H99NO10. The van der Waals surface area contributed by atoms with Crippen molar-refractivity contribution >= 4 is 5.91 Å². The summed E-state index contributed by atoms with van der Waals surface area (Å²) < 4.78 is 11.1. The lowest BCUT2D eigenvalue weighted by Gasteiger charge is -2.40. The number of unbranched alkanes of at least 4 members (excludes halogenated alkanes) is 26. The third kappa shape index (κ3) is 31.3. The number of aliphatic hydroxyl groups excluding tert-OH is 7. The maximum absolute atomic E-state index is 13.1. The standard InChI is InChI=1S/C53H99NO10/c1-3-5-7-9-11-13-15-16-17-18-19-20-21-22-23-24-25-26-27-28-29-31-32-34-36-38-40-45(56)48(58)44(43-63-53-51(61)50(60)49(59)47(42-55)64-53)54-52(62)46(57)41-39-37-35-33-30-14-12-10-8-6-4-2/h23-24,27-28,32,34,44-51,53,55-61H,3-22,25-26,29-31,33,35-43H2,1-2H3,(H,54,62)/b24-23+,28-27+,34-32+. The largest absolute Gasteiger partial charge is 0.394 e. The lowest BCUT2D eigenvalue weighted by atomic mass is 9.98. The average Bonchev–Trinajstić information content (AvgIpc) is 3.29. The van der Waals surface area contributed by atoms with Gasteiger partial charge in [-0.2, -0.15) is 0 Å². The summed E-state index contributed by atoms with van der Waals surface area (Å²) >= 11 is 0. The Morgan fingerprint density at radius 2 is 0.938 bits per heavy atom. The molecule has 1 saturated heterocycles. The summed E-state index contributed by atoms with van der Waals surface area (Å²) in [5, 5.41) is 75.7. The van der Waals surface area contributed by atoms with Gasteiger partial charge in [0.2, 0.25) is 5.91 Å². The van der Waals surface area contributed by atoms with Gasteiger partial charge in [0, 0.05) is 0 Å². The summed E-state index contributed by atoms with van der Waals surface area (Å²) in [4.78, 5) is 13.1. The van der Waals surface area contributed by atoms with Crippen LogP contribution >= 0.6 is 0 Å². The number of carbonyl (C=O) groups is 1. The maximum Gasteiger partial charge on any atom is 0.249 e. The molecule has 0 aromatic rings. The van der Waals surface area contributed by atoms with Crippen molar-refractivity contribution in [1.29, 1.82) is 0 Å². The molecule has 0 aromatic heterocycles. The van der Waals surface area contributed by atoms with Gasteiger partial charge >= 0.3 is 0 Å². The molecule has 1 heterocycles. The van der Waals surface area contributed by atoms with Gasteiger partial charge in [0.05, 0.1) is 25.4 Å². The first-order valence-electron chi connectivity index (χ1n) is 26.4. The molecular weight excluding hydrogens is 811 g/mol. The van der Waals surface area contributed by atoms with E-state index in [0.717, 1.165) is 44.9 Å². The Bertz CT molecular complexity index is 1130. The molecule has 0 spiro atoms. The molecule has 1 rings (SSSR count). The van der Waals surface area contributed by atoms with Gasteiger partial charge in [-0.15, -0.1) is 0 Å². The lowest BCUT2D eigenvalue weighted by Crippen LogP contribution is -2.60. The van der Waals surface area contributed by atoms with Crippen molar-refractivity contribution in [2.24, 2.45) is 0 Å². The van der Waals surface area contributed by atoms with Gasteiger partial charge in [-0.25, -0.2) is 0 Å². The molecule has 1 amide bonds. The van der Waals surface area contributed by atoms with Crippen molar-refractivity contribution in [2.45, 2.75) is 281 Å². The number of amides is 1. The highest BCUT2D eigenvalue weighted by molar-refractivity contribution is 5.80. The maximum atomic E-state index is 13.1. The normalized spacial score (nSPS) is 21.3. The van der Waals surface area contributed by atoms with Crippen LogP contribution in [0.25, 0.3) is 0 Å². The van der Waals surface area contributed by atoms with Crippen LogP contribution in [0.15, 0.2) is 36.5 Å². The number of hydrogen-bond acceptors (Lipinski definition) is 10. The van der Waals surface area contributed by atoms with Crippen molar-refractivity contribution in [3.05, 3.63) is 36.5 Å². The van der Waals surface area contributed by atoms with Crippen LogP contribution in [-0.2, 0) is 14.3 Å². The van der Waals surface area contributed by atoms with Gasteiger partial charge in [-0.05, 0) is 64.2 Å². The van der Waals surface area contributed by atoms with E-state index in [1.807, 2.05) is 0 Å². The summed E-state index contributed by atoms with van der Waals surface area (Å²) in [5.74, 6) is -0.714. The Hall–Kier alpha value is -1.67. The van der Waals surface area contributed by atoms with E-state index in [1.54, 1.807) is 0 Å². The third-order valence-electron chi connectivity index (χ3n) is 12.7. The molecule has 0 bridgehead atoms. The van der Waals surface area contributed by atoms with Gasteiger partial charge < -0.3 is 50.5 Å². The average molecular weight is 910 g/mol. The van der Waals surface area contributed by atoms with Crippen molar-refractivity contribution in [3.8, 4) is 0 Å². The number of allylic oxidation sites excluding steroid dienone is 6. The van der Waals surface area contributed by atoms with Crippen LogP contribution in [0, 0.1) is 0 Å². The van der Waals surface area contributed by atoms with Crippen LogP contribution in [0.3, 0.4) is 0 Å². The van der Waals surface area contributed by atoms with Gasteiger partial charge in [0.25, 0.3) is 0 Å². The highest BCUT2D eigenvalue weighted by Gasteiger charge is 2.44. The number of nitrogens with one attached hydrogen (secondary N) is 1. The van der Waals surface area contributed by atoms with Crippen LogP contribution in [-0.4, -0.2) is 110 Å². The van der Waals surface area contributed by atoms with Crippen molar-refractivity contribution in [3.63, 3.8) is 0 Å². The van der Waals surface area contributed by atoms with Crippen LogP contribution in [0.5, 0.6) is 0 Å². The third-order valence-corrected chi connectivity index (χ3v) is 12.7. The zero-order valence-corrected chi connectivity index (χ0v) is 40.8. The van der Waals surface area contributed by atoms with E-state index >= 15 is 0 Å². The Kier molecular flexibility index (Phi) is 40.2. The van der Waals surface area contributed by atoms with Crippen molar-refractivity contribution in [2.75, 3.05) is 13.2 Å².